The van der Waals surface area contributed by atoms with Crippen molar-refractivity contribution in [3.8, 4) is 0 Å². The van der Waals surface area contributed by atoms with Crippen molar-refractivity contribution in [2.24, 2.45) is 0 Å². The Labute approximate surface area is 154 Å². The van der Waals surface area contributed by atoms with E-state index in [0.29, 0.717) is 21.3 Å². The first-order valence-electron chi connectivity index (χ1n) is 7.65. The number of rotatable bonds is 5. The van der Waals surface area contributed by atoms with Gasteiger partial charge in [0.05, 0.1) is 15.8 Å². The molecule has 0 fully saturated rings. The Morgan fingerprint density at radius 1 is 1.38 bits per heavy atom. The van der Waals surface area contributed by atoms with Gasteiger partial charge in [0.2, 0.25) is 11.7 Å². The Kier molecular flexibility index (Phi) is 5.27. The maximum absolute atomic E-state index is 13.0. The summed E-state index contributed by atoms with van der Waals surface area (Å²) in [5, 5.41) is 3.90. The van der Waals surface area contributed by atoms with Crippen LogP contribution < -0.4 is 5.32 Å². The van der Waals surface area contributed by atoms with Gasteiger partial charge >= 0.3 is 0 Å². The largest absolute Gasteiger partial charge is 0.316 e. The van der Waals surface area contributed by atoms with Crippen LogP contribution in [-0.2, 0) is 17.6 Å². The van der Waals surface area contributed by atoms with Crippen LogP contribution in [-0.4, -0.2) is 28.2 Å². The van der Waals surface area contributed by atoms with Crippen LogP contribution in [0.1, 0.15) is 39.8 Å². The van der Waals surface area contributed by atoms with Crippen molar-refractivity contribution in [1.82, 2.24) is 4.98 Å². The number of carbonyl (C=O) groups is 2. The van der Waals surface area contributed by atoms with Crippen molar-refractivity contribution < 1.29 is 9.59 Å². The number of anilines is 1. The number of fused-ring (bicyclic) bond motifs is 1. The van der Waals surface area contributed by atoms with Gasteiger partial charge in [-0.05, 0) is 50.1 Å². The number of nitrogens with one attached hydrogen (secondary N) is 1. The van der Waals surface area contributed by atoms with Gasteiger partial charge in [0.1, 0.15) is 10.7 Å². The van der Waals surface area contributed by atoms with Crippen molar-refractivity contribution in [3.05, 3.63) is 45.1 Å². The van der Waals surface area contributed by atoms with Gasteiger partial charge in [-0.2, -0.15) is 11.8 Å². The number of pyridine rings is 1. The standard InChI is InChI=1S/C17H17ClN2O2S2/c1-9(23-2)16(22)20-17-14(11-4-3-5-13(11)24-17)15(21)12-7-6-10(18)8-19-12/h6-9H,3-5H2,1-2H3,(H,20,22). The quantitative estimate of drug-likeness (QED) is 0.789. The molecule has 0 saturated heterocycles. The zero-order valence-electron chi connectivity index (χ0n) is 13.4. The molecule has 1 aliphatic carbocycles. The summed E-state index contributed by atoms with van der Waals surface area (Å²) in [7, 11) is 0. The van der Waals surface area contributed by atoms with Crippen molar-refractivity contribution in [2.45, 2.75) is 31.4 Å². The summed E-state index contributed by atoms with van der Waals surface area (Å²) < 4.78 is 0. The molecule has 1 unspecified atom stereocenters. The minimum Gasteiger partial charge on any atom is -0.316 e. The first-order valence-corrected chi connectivity index (χ1v) is 10.1. The number of amides is 1. The van der Waals surface area contributed by atoms with Crippen LogP contribution in [0.15, 0.2) is 18.3 Å². The second kappa shape index (κ2) is 7.25. The van der Waals surface area contributed by atoms with Gasteiger partial charge in [-0.1, -0.05) is 11.6 Å². The van der Waals surface area contributed by atoms with Gasteiger partial charge < -0.3 is 5.32 Å². The van der Waals surface area contributed by atoms with Gasteiger partial charge in [-0.15, -0.1) is 11.3 Å². The Morgan fingerprint density at radius 3 is 2.83 bits per heavy atom. The third kappa shape index (κ3) is 3.36. The van der Waals surface area contributed by atoms with Crippen molar-refractivity contribution in [3.63, 3.8) is 0 Å². The molecule has 24 heavy (non-hydrogen) atoms. The van der Waals surface area contributed by atoms with Crippen molar-refractivity contribution in [1.29, 1.82) is 0 Å². The molecule has 3 rings (SSSR count). The molecule has 2 aromatic heterocycles. The van der Waals surface area contributed by atoms with Crippen LogP contribution in [0.3, 0.4) is 0 Å². The van der Waals surface area contributed by atoms with E-state index in [1.165, 1.54) is 34.2 Å². The van der Waals surface area contributed by atoms with E-state index in [-0.39, 0.29) is 16.9 Å². The first-order chi connectivity index (χ1) is 11.5. The zero-order chi connectivity index (χ0) is 17.3. The predicted octanol–water partition coefficient (Wildman–Crippen LogP) is 4.21. The van der Waals surface area contributed by atoms with E-state index in [0.717, 1.165) is 24.8 Å². The number of hydrogen-bond donors (Lipinski definition) is 1. The smallest absolute Gasteiger partial charge is 0.237 e. The fourth-order valence-corrected chi connectivity index (χ4v) is 4.37. The van der Waals surface area contributed by atoms with E-state index < -0.39 is 0 Å². The summed E-state index contributed by atoms with van der Waals surface area (Å²) in [4.78, 5) is 30.6. The normalized spacial score (nSPS) is 14.3. The van der Waals surface area contributed by atoms with Gasteiger partial charge in [0.15, 0.2) is 0 Å². The number of hydrogen-bond acceptors (Lipinski definition) is 5. The molecule has 1 atom stereocenters. The summed E-state index contributed by atoms with van der Waals surface area (Å²) in [6.07, 6.45) is 6.24. The third-order valence-electron chi connectivity index (χ3n) is 4.07. The molecule has 126 valence electrons. The van der Waals surface area contributed by atoms with Crippen LogP contribution in [0.2, 0.25) is 5.02 Å². The highest BCUT2D eigenvalue weighted by Crippen LogP contribution is 2.40. The molecule has 0 aromatic carbocycles. The minimum atomic E-state index is -0.168. The van der Waals surface area contributed by atoms with E-state index >= 15 is 0 Å². The molecule has 0 spiro atoms. The number of halogens is 1. The molecule has 0 saturated carbocycles. The lowest BCUT2D eigenvalue weighted by Crippen LogP contribution is -2.23. The summed E-state index contributed by atoms with van der Waals surface area (Å²) in [6, 6.07) is 3.28. The van der Waals surface area contributed by atoms with Crippen LogP contribution in [0.25, 0.3) is 0 Å². The van der Waals surface area contributed by atoms with Gasteiger partial charge in [0.25, 0.3) is 0 Å². The van der Waals surface area contributed by atoms with E-state index in [2.05, 4.69) is 10.3 Å². The first kappa shape index (κ1) is 17.5. The Morgan fingerprint density at radius 2 is 2.17 bits per heavy atom. The molecule has 0 bridgehead atoms. The lowest BCUT2D eigenvalue weighted by Gasteiger charge is -2.10. The summed E-state index contributed by atoms with van der Waals surface area (Å²) in [5.74, 6) is -0.237. The maximum atomic E-state index is 13.0. The number of aryl methyl sites for hydroxylation is 1. The van der Waals surface area contributed by atoms with Crippen LogP contribution >= 0.6 is 34.7 Å². The molecular weight excluding hydrogens is 364 g/mol. The Hall–Kier alpha value is -1.37. The lowest BCUT2D eigenvalue weighted by atomic mass is 10.0. The van der Waals surface area contributed by atoms with E-state index in [1.54, 1.807) is 12.1 Å². The van der Waals surface area contributed by atoms with E-state index in [9.17, 15) is 9.59 Å². The molecule has 4 nitrogen and oxygen atoms in total. The van der Waals surface area contributed by atoms with Crippen LogP contribution in [0, 0.1) is 0 Å². The molecule has 1 amide bonds. The highest BCUT2D eigenvalue weighted by molar-refractivity contribution is 7.99. The number of aromatic nitrogens is 1. The topological polar surface area (TPSA) is 59.1 Å². The highest BCUT2D eigenvalue weighted by atomic mass is 35.5. The van der Waals surface area contributed by atoms with Crippen LogP contribution in [0.4, 0.5) is 5.00 Å². The number of thioether (sulfide) groups is 1. The average Bonchev–Trinajstić information content (AvgIpc) is 3.14. The molecular formula is C17H17ClN2O2S2. The van der Waals surface area contributed by atoms with Gasteiger partial charge in [-0.3, -0.25) is 14.6 Å². The van der Waals surface area contributed by atoms with Gasteiger partial charge in [0, 0.05) is 11.1 Å². The monoisotopic (exact) mass is 380 g/mol. The number of carbonyl (C=O) groups excluding carboxylic acids is 2. The highest BCUT2D eigenvalue weighted by Gasteiger charge is 2.29. The molecule has 1 aliphatic rings. The number of nitrogens with zero attached hydrogens (tertiary/aromatic N) is 1. The second-order valence-corrected chi connectivity index (χ2v) is 8.34. The molecule has 0 radical (unpaired) electrons. The fraction of sp³-hybridized carbons (Fsp3) is 0.353. The van der Waals surface area contributed by atoms with Crippen LogP contribution in [0.5, 0.6) is 0 Å². The van der Waals surface area contributed by atoms with E-state index in [1.807, 2.05) is 13.2 Å². The molecule has 2 heterocycles. The summed E-state index contributed by atoms with van der Waals surface area (Å²) >= 11 is 8.85. The molecule has 2 aromatic rings. The minimum absolute atomic E-state index is 0.0828. The Bertz CT molecular complexity index is 787. The summed E-state index contributed by atoms with van der Waals surface area (Å²) in [6.45, 7) is 1.85. The maximum Gasteiger partial charge on any atom is 0.237 e. The fourth-order valence-electron chi connectivity index (χ4n) is 2.69. The second-order valence-electron chi connectivity index (χ2n) is 5.62. The zero-order valence-corrected chi connectivity index (χ0v) is 15.8. The van der Waals surface area contributed by atoms with Gasteiger partial charge in [-0.25, -0.2) is 0 Å². The number of thiophene rings is 1. The Balaban J connectivity index is 1.98. The van der Waals surface area contributed by atoms with Crippen molar-refractivity contribution >= 4 is 51.4 Å². The van der Waals surface area contributed by atoms with E-state index in [4.69, 9.17) is 11.6 Å². The van der Waals surface area contributed by atoms with Crippen molar-refractivity contribution in [2.75, 3.05) is 11.6 Å². The SMILES string of the molecule is CSC(C)C(=O)Nc1sc2c(c1C(=O)c1ccc(Cl)cn1)CCC2. The molecule has 1 N–H and O–H groups in total. The predicted molar refractivity (Wildman–Crippen MR) is 101 cm³/mol. The molecule has 7 heteroatoms. The summed E-state index contributed by atoms with van der Waals surface area (Å²) in [5.41, 5.74) is 2.01. The number of ketones is 1. The molecule has 0 aliphatic heterocycles. The third-order valence-corrected chi connectivity index (χ3v) is 6.42. The average molecular weight is 381 g/mol. The lowest BCUT2D eigenvalue weighted by molar-refractivity contribution is -0.115.